The van der Waals surface area contributed by atoms with E-state index in [1.54, 1.807) is 6.26 Å². The minimum atomic E-state index is 0.0770. The minimum absolute atomic E-state index is 0.0770. The van der Waals surface area contributed by atoms with Gasteiger partial charge in [0.25, 0.3) is 0 Å². The van der Waals surface area contributed by atoms with Crippen LogP contribution in [0, 0.1) is 5.41 Å². The van der Waals surface area contributed by atoms with Gasteiger partial charge in [0.05, 0.1) is 5.69 Å². The molecule has 1 heterocycles. The van der Waals surface area contributed by atoms with Gasteiger partial charge in [-0.3, -0.25) is 0 Å². The highest BCUT2D eigenvalue weighted by Crippen LogP contribution is 2.29. The van der Waals surface area contributed by atoms with Crippen molar-refractivity contribution in [1.82, 2.24) is 5.16 Å². The first-order chi connectivity index (χ1) is 6.20. The van der Waals surface area contributed by atoms with Crippen LogP contribution in [-0.2, 0) is 11.8 Å². The number of hydrogen-bond acceptors (Lipinski definition) is 2. The van der Waals surface area contributed by atoms with Crippen LogP contribution in [-0.4, -0.2) is 5.16 Å². The Bertz CT molecular complexity index is 299. The molecule has 0 atom stereocenters. The Labute approximate surface area is 86.7 Å². The van der Waals surface area contributed by atoms with Gasteiger partial charge in [0.1, 0.15) is 6.26 Å². The molecule has 0 radical (unpaired) electrons. The van der Waals surface area contributed by atoms with Gasteiger partial charge in [0.2, 0.25) is 0 Å². The molecule has 0 aliphatic carbocycles. The Morgan fingerprint density at radius 1 is 1.14 bits per heavy atom. The largest absolute Gasteiger partial charge is 0.364 e. The predicted octanol–water partition coefficient (Wildman–Crippen LogP) is 3.56. The molecule has 1 rings (SSSR count). The topological polar surface area (TPSA) is 26.0 Å². The summed E-state index contributed by atoms with van der Waals surface area (Å²) in [6, 6.07) is 0. The summed E-state index contributed by atoms with van der Waals surface area (Å²) in [7, 11) is 0. The predicted molar refractivity (Wildman–Crippen MR) is 58.4 cm³/mol. The van der Waals surface area contributed by atoms with Crippen molar-refractivity contribution in [2.24, 2.45) is 5.41 Å². The van der Waals surface area contributed by atoms with Gasteiger partial charge in [0.15, 0.2) is 0 Å². The number of aromatic nitrogens is 1. The third kappa shape index (κ3) is 2.86. The van der Waals surface area contributed by atoms with E-state index in [-0.39, 0.29) is 10.8 Å². The van der Waals surface area contributed by atoms with E-state index in [1.807, 2.05) is 0 Å². The first kappa shape index (κ1) is 11.3. The lowest BCUT2D eigenvalue weighted by atomic mass is 9.83. The molecule has 1 aromatic rings. The van der Waals surface area contributed by atoms with Crippen LogP contribution in [0.1, 0.15) is 52.8 Å². The molecule has 0 spiro atoms. The van der Waals surface area contributed by atoms with Crippen molar-refractivity contribution in [3.05, 3.63) is 17.5 Å². The Morgan fingerprint density at radius 3 is 2.14 bits per heavy atom. The van der Waals surface area contributed by atoms with Crippen LogP contribution in [0.25, 0.3) is 0 Å². The van der Waals surface area contributed by atoms with Gasteiger partial charge in [-0.2, -0.15) is 0 Å². The third-order valence-electron chi connectivity index (χ3n) is 2.07. The quantitative estimate of drug-likeness (QED) is 0.684. The molecular weight excluding hydrogens is 174 g/mol. The summed E-state index contributed by atoms with van der Waals surface area (Å²) in [5.41, 5.74) is 2.69. The second-order valence-corrected chi connectivity index (χ2v) is 6.18. The van der Waals surface area contributed by atoms with Crippen molar-refractivity contribution in [1.29, 1.82) is 0 Å². The first-order valence-corrected chi connectivity index (χ1v) is 5.14. The van der Waals surface area contributed by atoms with Crippen molar-refractivity contribution >= 4 is 0 Å². The van der Waals surface area contributed by atoms with Crippen molar-refractivity contribution in [2.45, 2.75) is 53.4 Å². The van der Waals surface area contributed by atoms with Crippen molar-refractivity contribution < 1.29 is 4.52 Å². The highest BCUT2D eigenvalue weighted by Gasteiger charge is 2.24. The van der Waals surface area contributed by atoms with E-state index in [1.165, 1.54) is 5.56 Å². The summed E-state index contributed by atoms with van der Waals surface area (Å²) in [5, 5.41) is 4.10. The van der Waals surface area contributed by atoms with Crippen molar-refractivity contribution in [3.8, 4) is 0 Å². The average Bonchev–Trinajstić information content (AvgIpc) is 2.29. The maximum Gasteiger partial charge on any atom is 0.127 e. The summed E-state index contributed by atoms with van der Waals surface area (Å²) in [6.07, 6.45) is 2.80. The number of hydrogen-bond donors (Lipinski definition) is 0. The highest BCUT2D eigenvalue weighted by atomic mass is 16.5. The molecule has 0 bridgehead atoms. The molecule has 14 heavy (non-hydrogen) atoms. The molecule has 80 valence electrons. The van der Waals surface area contributed by atoms with Crippen molar-refractivity contribution in [3.63, 3.8) is 0 Å². The normalized spacial score (nSPS) is 13.3. The highest BCUT2D eigenvalue weighted by molar-refractivity contribution is 5.23. The fraction of sp³-hybridized carbons (Fsp3) is 0.750. The second kappa shape index (κ2) is 3.41. The van der Waals surface area contributed by atoms with Gasteiger partial charge in [0, 0.05) is 11.0 Å². The van der Waals surface area contributed by atoms with Gasteiger partial charge in [-0.25, -0.2) is 0 Å². The Morgan fingerprint density at radius 2 is 1.71 bits per heavy atom. The zero-order valence-electron chi connectivity index (χ0n) is 10.1. The van der Waals surface area contributed by atoms with Crippen LogP contribution in [0.15, 0.2) is 10.8 Å². The van der Waals surface area contributed by atoms with Gasteiger partial charge >= 0.3 is 0 Å². The maximum absolute atomic E-state index is 5.07. The molecule has 0 fully saturated rings. The molecule has 0 unspecified atom stereocenters. The van der Waals surface area contributed by atoms with E-state index in [2.05, 4.69) is 46.7 Å². The summed E-state index contributed by atoms with van der Waals surface area (Å²) < 4.78 is 5.07. The first-order valence-electron chi connectivity index (χ1n) is 5.14. The van der Waals surface area contributed by atoms with Gasteiger partial charge in [-0.15, -0.1) is 0 Å². The van der Waals surface area contributed by atoms with Crippen LogP contribution in [0.5, 0.6) is 0 Å². The molecule has 2 nitrogen and oxygen atoms in total. The van der Waals surface area contributed by atoms with Crippen LogP contribution in [0.3, 0.4) is 0 Å². The summed E-state index contributed by atoms with van der Waals surface area (Å²) in [5.74, 6) is 0. The van der Waals surface area contributed by atoms with E-state index in [9.17, 15) is 0 Å². The smallest absolute Gasteiger partial charge is 0.127 e. The fourth-order valence-corrected chi connectivity index (χ4v) is 1.57. The van der Waals surface area contributed by atoms with Crippen LogP contribution in [0.4, 0.5) is 0 Å². The van der Waals surface area contributed by atoms with E-state index in [0.29, 0.717) is 0 Å². The monoisotopic (exact) mass is 195 g/mol. The van der Waals surface area contributed by atoms with Crippen molar-refractivity contribution in [2.75, 3.05) is 0 Å². The molecular formula is C12H21NO. The van der Waals surface area contributed by atoms with Gasteiger partial charge in [-0.05, 0) is 11.8 Å². The molecule has 0 saturated heterocycles. The summed E-state index contributed by atoms with van der Waals surface area (Å²) in [6.45, 7) is 13.2. The van der Waals surface area contributed by atoms with E-state index >= 15 is 0 Å². The lowest BCUT2D eigenvalue weighted by Gasteiger charge is -2.21. The zero-order valence-corrected chi connectivity index (χ0v) is 10.1. The fourth-order valence-electron chi connectivity index (χ4n) is 1.57. The van der Waals surface area contributed by atoms with E-state index in [4.69, 9.17) is 4.52 Å². The molecule has 0 amide bonds. The Kier molecular flexibility index (Phi) is 2.75. The molecule has 2 heteroatoms. The molecule has 0 aromatic carbocycles. The lowest BCUT2D eigenvalue weighted by molar-refractivity contribution is 0.392. The Hall–Kier alpha value is -0.790. The van der Waals surface area contributed by atoms with Gasteiger partial charge in [-0.1, -0.05) is 46.7 Å². The molecule has 0 saturated carbocycles. The lowest BCUT2D eigenvalue weighted by Crippen LogP contribution is -2.17. The molecule has 0 N–H and O–H groups in total. The van der Waals surface area contributed by atoms with E-state index in [0.717, 1.165) is 12.1 Å². The standard InChI is InChI=1S/C12H21NO/c1-11(2,3)7-9-8-14-13-10(9)12(4,5)6/h8H,7H2,1-6H3. The molecule has 1 aromatic heterocycles. The van der Waals surface area contributed by atoms with Crippen LogP contribution in [0.2, 0.25) is 0 Å². The van der Waals surface area contributed by atoms with E-state index < -0.39 is 0 Å². The van der Waals surface area contributed by atoms with Crippen LogP contribution < -0.4 is 0 Å². The average molecular weight is 195 g/mol. The third-order valence-corrected chi connectivity index (χ3v) is 2.07. The summed E-state index contributed by atoms with van der Waals surface area (Å²) >= 11 is 0. The molecule has 0 aliphatic heterocycles. The second-order valence-electron chi connectivity index (χ2n) is 6.18. The van der Waals surface area contributed by atoms with Gasteiger partial charge < -0.3 is 4.52 Å². The number of nitrogens with zero attached hydrogens (tertiary/aromatic N) is 1. The molecule has 0 aliphatic rings. The van der Waals surface area contributed by atoms with Crippen LogP contribution >= 0.6 is 0 Å². The number of rotatable bonds is 1. The minimum Gasteiger partial charge on any atom is -0.364 e. The Balaban J connectivity index is 2.95. The summed E-state index contributed by atoms with van der Waals surface area (Å²) in [4.78, 5) is 0. The maximum atomic E-state index is 5.07. The zero-order chi connectivity index (χ0) is 11.0. The SMILES string of the molecule is CC(C)(C)Cc1conc1C(C)(C)C.